The fourth-order valence-electron chi connectivity index (χ4n) is 4.12. The van der Waals surface area contributed by atoms with Crippen LogP contribution < -0.4 is 22.1 Å². The highest BCUT2D eigenvalue weighted by Gasteiger charge is 2.43. The number of hydrogen-bond donors (Lipinski definition) is 4. The number of sulfone groups is 1. The molecule has 38 heavy (non-hydrogen) atoms. The Hall–Kier alpha value is -3.78. The van der Waals surface area contributed by atoms with Gasteiger partial charge in [0.05, 0.1) is 29.3 Å². The van der Waals surface area contributed by atoms with Crippen molar-refractivity contribution in [1.29, 1.82) is 0 Å². The molecule has 3 atom stereocenters. The number of aromatic nitrogens is 2. The molecule has 0 spiro atoms. The van der Waals surface area contributed by atoms with Gasteiger partial charge in [0, 0.05) is 24.8 Å². The summed E-state index contributed by atoms with van der Waals surface area (Å²) in [6.45, 7) is 0.839. The predicted octanol–water partition coefficient (Wildman–Crippen LogP) is -0.167. The second-order valence-electron chi connectivity index (χ2n) is 9.28. The molecule has 0 aliphatic heterocycles. The summed E-state index contributed by atoms with van der Waals surface area (Å²) in [4.78, 5) is 40.4. The third kappa shape index (κ3) is 6.37. The number of benzene rings is 1. The van der Waals surface area contributed by atoms with Gasteiger partial charge in [-0.25, -0.2) is 23.3 Å². The lowest BCUT2D eigenvalue weighted by Crippen LogP contribution is -2.50. The van der Waals surface area contributed by atoms with E-state index in [9.17, 15) is 27.2 Å². The number of halogens is 1. The third-order valence-electron chi connectivity index (χ3n) is 6.66. The molecule has 0 saturated heterocycles. The van der Waals surface area contributed by atoms with Crippen molar-refractivity contribution in [2.45, 2.75) is 49.9 Å². The Morgan fingerprint density at radius 1 is 1.32 bits per heavy atom. The first-order chi connectivity index (χ1) is 17.9. The number of carbonyl (C=O) groups is 2. The smallest absolute Gasteiger partial charge is 0.264 e. The minimum atomic E-state index is -3.95. The van der Waals surface area contributed by atoms with Crippen LogP contribution in [0.1, 0.15) is 38.2 Å². The van der Waals surface area contributed by atoms with Crippen LogP contribution >= 0.6 is 0 Å². The van der Waals surface area contributed by atoms with Gasteiger partial charge in [0.15, 0.2) is 14.6 Å². The van der Waals surface area contributed by atoms with E-state index in [0.29, 0.717) is 6.42 Å². The van der Waals surface area contributed by atoms with Crippen LogP contribution in [-0.2, 0) is 26.0 Å². The van der Waals surface area contributed by atoms with Crippen molar-refractivity contribution in [2.75, 3.05) is 12.8 Å². The van der Waals surface area contributed by atoms with Gasteiger partial charge in [-0.15, -0.1) is 0 Å². The van der Waals surface area contributed by atoms with Crippen LogP contribution in [0.2, 0.25) is 0 Å². The van der Waals surface area contributed by atoms with Crippen LogP contribution in [0, 0.1) is 35.4 Å². The molecule has 2 amide bonds. The molecule has 13 heteroatoms. The molecule has 0 radical (unpaired) electrons. The lowest BCUT2D eigenvalue weighted by Gasteiger charge is -2.25. The van der Waals surface area contributed by atoms with Gasteiger partial charge < -0.3 is 11.1 Å². The SMILES string of the molecule is CC(CCn1cnc2cc(C#CC#CC3CCC(NC(=O)CN)C3)c(F)cc2c1=O)(C(=O)NO)S(C)(=O)=O. The Morgan fingerprint density at radius 3 is 2.71 bits per heavy atom. The number of aryl methyl sites for hydroxylation is 1. The standard InChI is InChI=1S/C25H28FN5O6S/c1-25(24(34)30-35,38(2,36)37)9-10-31-15-28-21-12-17(20(26)13-19(21)23(31)33)6-4-3-5-16-7-8-18(11-16)29-22(32)14-27/h12-13,15-16,18,35H,7-11,14,27H2,1-2H3,(H,29,32)(H,30,34). The number of nitrogens with zero attached hydrogens (tertiary/aromatic N) is 2. The summed E-state index contributed by atoms with van der Waals surface area (Å²) in [6, 6.07) is 2.34. The zero-order valence-electron chi connectivity index (χ0n) is 20.9. The quantitative estimate of drug-likeness (QED) is 0.211. The van der Waals surface area contributed by atoms with Gasteiger partial charge in [0.1, 0.15) is 5.82 Å². The summed E-state index contributed by atoms with van der Waals surface area (Å²) in [5.41, 5.74) is 6.19. The van der Waals surface area contributed by atoms with E-state index in [4.69, 9.17) is 10.9 Å². The molecule has 3 unspecified atom stereocenters. The molecular weight excluding hydrogens is 517 g/mol. The van der Waals surface area contributed by atoms with Gasteiger partial charge in [-0.1, -0.05) is 5.92 Å². The minimum absolute atomic E-state index is 0.000209. The van der Waals surface area contributed by atoms with E-state index in [1.807, 2.05) is 0 Å². The Bertz CT molecular complexity index is 1550. The first-order valence-electron chi connectivity index (χ1n) is 11.7. The summed E-state index contributed by atoms with van der Waals surface area (Å²) in [5.74, 6) is 8.92. The van der Waals surface area contributed by atoms with Crippen LogP contribution in [0.5, 0.6) is 0 Å². The number of nitrogens with two attached hydrogens (primary N) is 1. The molecule has 0 bridgehead atoms. The fraction of sp³-hybridized carbons (Fsp3) is 0.440. The van der Waals surface area contributed by atoms with Crippen molar-refractivity contribution in [1.82, 2.24) is 20.3 Å². The van der Waals surface area contributed by atoms with Crippen molar-refractivity contribution in [2.24, 2.45) is 11.7 Å². The van der Waals surface area contributed by atoms with Crippen LogP contribution in [0.25, 0.3) is 10.9 Å². The molecule has 202 valence electrons. The van der Waals surface area contributed by atoms with Gasteiger partial charge in [-0.3, -0.25) is 24.2 Å². The van der Waals surface area contributed by atoms with Crippen molar-refractivity contribution in [3.63, 3.8) is 0 Å². The highest BCUT2D eigenvalue weighted by molar-refractivity contribution is 7.92. The number of hydroxylamine groups is 1. The van der Waals surface area contributed by atoms with E-state index >= 15 is 0 Å². The van der Waals surface area contributed by atoms with Gasteiger partial charge >= 0.3 is 0 Å². The Balaban J connectivity index is 1.77. The lowest BCUT2D eigenvalue weighted by molar-refractivity contribution is -0.131. The van der Waals surface area contributed by atoms with Gasteiger partial charge in [0.2, 0.25) is 5.91 Å². The van der Waals surface area contributed by atoms with Crippen LogP contribution in [0.3, 0.4) is 0 Å². The van der Waals surface area contributed by atoms with Crippen LogP contribution in [0.15, 0.2) is 23.3 Å². The zero-order valence-corrected chi connectivity index (χ0v) is 21.7. The average Bonchev–Trinajstić information content (AvgIpc) is 3.32. The molecule has 1 fully saturated rings. The highest BCUT2D eigenvalue weighted by atomic mass is 32.2. The number of nitrogens with one attached hydrogen (secondary N) is 2. The maximum absolute atomic E-state index is 14.7. The normalized spacial score (nSPS) is 18.4. The molecule has 3 rings (SSSR count). The van der Waals surface area contributed by atoms with Crippen molar-refractivity contribution in [3.8, 4) is 23.7 Å². The second-order valence-corrected chi connectivity index (χ2v) is 11.7. The summed E-state index contributed by atoms with van der Waals surface area (Å²) < 4.78 is 38.0. The number of carbonyl (C=O) groups excluding carboxylic acids is 2. The summed E-state index contributed by atoms with van der Waals surface area (Å²) >= 11 is 0. The topological polar surface area (TPSA) is 173 Å². The molecular formula is C25H28FN5O6S. The van der Waals surface area contributed by atoms with E-state index in [0.717, 1.165) is 36.7 Å². The highest BCUT2D eigenvalue weighted by Crippen LogP contribution is 2.25. The molecule has 11 nitrogen and oxygen atoms in total. The number of fused-ring (bicyclic) bond motifs is 1. The number of rotatable bonds is 7. The van der Waals surface area contributed by atoms with E-state index in [1.165, 1.54) is 17.9 Å². The first kappa shape index (κ1) is 28.8. The second kappa shape index (κ2) is 11.7. The maximum Gasteiger partial charge on any atom is 0.264 e. The monoisotopic (exact) mass is 545 g/mol. The van der Waals surface area contributed by atoms with E-state index in [1.54, 1.807) is 0 Å². The number of hydrogen-bond acceptors (Lipinski definition) is 8. The molecule has 1 aromatic carbocycles. The lowest BCUT2D eigenvalue weighted by atomic mass is 10.1. The maximum atomic E-state index is 14.7. The van der Waals surface area contributed by atoms with Crippen molar-refractivity contribution < 1.29 is 27.6 Å². The van der Waals surface area contributed by atoms with Gasteiger partial charge in [-0.2, -0.15) is 0 Å². The zero-order chi connectivity index (χ0) is 28.1. The molecule has 1 aliphatic rings. The predicted molar refractivity (Wildman–Crippen MR) is 137 cm³/mol. The van der Waals surface area contributed by atoms with E-state index < -0.39 is 31.9 Å². The third-order valence-corrected chi connectivity index (χ3v) is 8.69. The average molecular weight is 546 g/mol. The molecule has 1 heterocycles. The Morgan fingerprint density at radius 2 is 2.05 bits per heavy atom. The first-order valence-corrected chi connectivity index (χ1v) is 13.6. The Labute approximate surface area is 218 Å². The van der Waals surface area contributed by atoms with Crippen LogP contribution in [-0.4, -0.2) is 58.6 Å². The molecule has 1 saturated carbocycles. The number of amides is 2. The van der Waals surface area contributed by atoms with Gasteiger partial charge in [0.25, 0.3) is 11.5 Å². The van der Waals surface area contributed by atoms with Crippen molar-refractivity contribution in [3.05, 3.63) is 40.2 Å². The van der Waals surface area contributed by atoms with E-state index in [2.05, 4.69) is 34.0 Å². The summed E-state index contributed by atoms with van der Waals surface area (Å²) in [6.07, 6.45) is 3.96. The van der Waals surface area contributed by atoms with E-state index in [-0.39, 0.29) is 53.8 Å². The van der Waals surface area contributed by atoms with Crippen LogP contribution in [0.4, 0.5) is 4.39 Å². The Kier molecular flexibility index (Phi) is 8.89. The van der Waals surface area contributed by atoms with Gasteiger partial charge in [-0.05, 0) is 62.5 Å². The summed E-state index contributed by atoms with van der Waals surface area (Å²) in [7, 11) is -3.95. The minimum Gasteiger partial charge on any atom is -0.352 e. The summed E-state index contributed by atoms with van der Waals surface area (Å²) in [5, 5.41) is 11.7. The fourth-order valence-corrected chi connectivity index (χ4v) is 4.96. The van der Waals surface area contributed by atoms with Crippen molar-refractivity contribution >= 4 is 32.6 Å². The molecule has 1 aliphatic carbocycles. The largest absolute Gasteiger partial charge is 0.352 e. The molecule has 5 N–H and O–H groups in total. The molecule has 2 aromatic rings. The molecule has 1 aromatic heterocycles.